The Balaban J connectivity index is 1.36. The van der Waals surface area contributed by atoms with Gasteiger partial charge in [0.05, 0.1) is 31.6 Å². The summed E-state index contributed by atoms with van der Waals surface area (Å²) in [5, 5.41) is 1.36. The molecule has 1 aromatic carbocycles. The number of quaternary nitrogens is 1. The predicted octanol–water partition coefficient (Wildman–Crippen LogP) is 2.70. The van der Waals surface area contributed by atoms with Crippen molar-refractivity contribution in [3.8, 4) is 0 Å². The second-order valence-corrected chi connectivity index (χ2v) is 9.12. The van der Waals surface area contributed by atoms with E-state index in [1.54, 1.807) is 15.3 Å². The zero-order chi connectivity index (χ0) is 18.4. The molecule has 0 radical (unpaired) electrons. The van der Waals surface area contributed by atoms with Crippen molar-refractivity contribution in [3.63, 3.8) is 0 Å². The molecule has 0 spiro atoms. The number of hydrogen-bond donors (Lipinski definition) is 1. The van der Waals surface area contributed by atoms with Gasteiger partial charge < -0.3 is 9.80 Å². The lowest BCUT2D eigenvalue weighted by molar-refractivity contribution is -0.914. The normalized spacial score (nSPS) is 17.6. The number of rotatable bonds is 3. The zero-order valence-electron chi connectivity index (χ0n) is 16.2. The van der Waals surface area contributed by atoms with Gasteiger partial charge >= 0.3 is 0 Å². The van der Waals surface area contributed by atoms with E-state index in [1.807, 2.05) is 18.3 Å². The van der Waals surface area contributed by atoms with Crippen LogP contribution in [0.5, 0.6) is 0 Å². The molecule has 3 heterocycles. The summed E-state index contributed by atoms with van der Waals surface area (Å²) in [7, 11) is 0. The van der Waals surface area contributed by atoms with E-state index in [2.05, 4.69) is 36.1 Å². The maximum absolute atomic E-state index is 4.91. The smallest absolute Gasteiger partial charge is 0.141 e. The fraction of sp³-hybridized carbons (Fsp3) is 0.455. The van der Waals surface area contributed by atoms with Crippen LogP contribution >= 0.6 is 11.3 Å². The summed E-state index contributed by atoms with van der Waals surface area (Å²) in [6, 6.07) is 8.94. The molecule has 27 heavy (non-hydrogen) atoms. The van der Waals surface area contributed by atoms with Gasteiger partial charge in [-0.05, 0) is 38.7 Å². The van der Waals surface area contributed by atoms with Crippen LogP contribution in [-0.4, -0.2) is 36.1 Å². The average Bonchev–Trinajstić information content (AvgIpc) is 3.22. The molecule has 0 bridgehead atoms. The van der Waals surface area contributed by atoms with Crippen LogP contribution in [0.4, 0.5) is 5.82 Å². The number of fused-ring (bicyclic) bond motifs is 3. The summed E-state index contributed by atoms with van der Waals surface area (Å²) < 4.78 is 0. The summed E-state index contributed by atoms with van der Waals surface area (Å²) in [6.07, 6.45) is 3.72. The molecule has 1 saturated heterocycles. The first kappa shape index (κ1) is 17.1. The maximum Gasteiger partial charge on any atom is 0.141 e. The first-order valence-electron chi connectivity index (χ1n) is 10.1. The van der Waals surface area contributed by atoms with Crippen LogP contribution in [0.15, 0.2) is 24.3 Å². The molecule has 140 valence electrons. The van der Waals surface area contributed by atoms with Crippen LogP contribution in [0.3, 0.4) is 0 Å². The standard InChI is InChI=1S/C22H26N4S/c1-15-5-3-6-17(13-15)14-25-9-11-26(12-10-25)21-20-18-7-4-8-19(18)27-22(20)24-16(2)23-21/h3,5-6,13H,4,7-12,14H2,1-2H3/p+1. The summed E-state index contributed by atoms with van der Waals surface area (Å²) in [5.74, 6) is 2.11. The Morgan fingerprint density at radius 2 is 1.96 bits per heavy atom. The number of nitrogens with one attached hydrogen (secondary N) is 1. The highest BCUT2D eigenvalue weighted by Gasteiger charge is 2.27. The minimum absolute atomic E-state index is 0.909. The summed E-state index contributed by atoms with van der Waals surface area (Å²) in [6.45, 7) is 9.84. The molecule has 0 amide bonds. The molecule has 3 aromatic rings. The summed E-state index contributed by atoms with van der Waals surface area (Å²) in [5.41, 5.74) is 4.35. The van der Waals surface area contributed by atoms with Crippen LogP contribution < -0.4 is 9.80 Å². The lowest BCUT2D eigenvalue weighted by Crippen LogP contribution is -3.13. The van der Waals surface area contributed by atoms with Crippen LogP contribution in [0, 0.1) is 13.8 Å². The van der Waals surface area contributed by atoms with E-state index in [0.29, 0.717) is 0 Å². The van der Waals surface area contributed by atoms with Gasteiger partial charge in [-0.2, -0.15) is 0 Å². The van der Waals surface area contributed by atoms with Crippen molar-refractivity contribution in [1.82, 2.24) is 9.97 Å². The van der Waals surface area contributed by atoms with Crippen molar-refractivity contribution in [1.29, 1.82) is 0 Å². The molecule has 0 atom stereocenters. The molecular weight excluding hydrogens is 352 g/mol. The van der Waals surface area contributed by atoms with Crippen molar-refractivity contribution in [3.05, 3.63) is 51.7 Å². The molecule has 2 aromatic heterocycles. The molecule has 1 fully saturated rings. The largest absolute Gasteiger partial charge is 0.345 e. The van der Waals surface area contributed by atoms with Crippen LogP contribution in [-0.2, 0) is 19.4 Å². The zero-order valence-corrected chi connectivity index (χ0v) is 17.0. The van der Waals surface area contributed by atoms with Crippen LogP contribution in [0.1, 0.15) is 33.8 Å². The number of piperazine rings is 1. The fourth-order valence-corrected chi connectivity index (χ4v) is 5.93. The van der Waals surface area contributed by atoms with E-state index in [0.717, 1.165) is 25.5 Å². The van der Waals surface area contributed by atoms with Gasteiger partial charge in [0.2, 0.25) is 0 Å². The molecule has 0 unspecified atom stereocenters. The molecule has 1 aliphatic heterocycles. The predicted molar refractivity (Wildman–Crippen MR) is 112 cm³/mol. The Hall–Kier alpha value is -1.98. The van der Waals surface area contributed by atoms with Crippen LogP contribution in [0.25, 0.3) is 10.2 Å². The van der Waals surface area contributed by atoms with E-state index in [-0.39, 0.29) is 0 Å². The van der Waals surface area contributed by atoms with Crippen molar-refractivity contribution in [2.75, 3.05) is 31.1 Å². The van der Waals surface area contributed by atoms with E-state index < -0.39 is 0 Å². The van der Waals surface area contributed by atoms with E-state index in [4.69, 9.17) is 9.97 Å². The monoisotopic (exact) mass is 379 g/mol. The topological polar surface area (TPSA) is 33.5 Å². The summed E-state index contributed by atoms with van der Waals surface area (Å²) >= 11 is 1.90. The van der Waals surface area contributed by atoms with Gasteiger partial charge in [-0.1, -0.05) is 29.8 Å². The fourth-order valence-electron chi connectivity index (χ4n) is 4.63. The molecule has 0 saturated carbocycles. The Morgan fingerprint density at radius 3 is 2.78 bits per heavy atom. The number of benzene rings is 1. The molecule has 1 N–H and O–H groups in total. The molecular formula is C22H27N4S+. The molecule has 4 nitrogen and oxygen atoms in total. The molecule has 1 aliphatic carbocycles. The number of aromatic nitrogens is 2. The van der Waals surface area contributed by atoms with Crippen molar-refractivity contribution in [2.24, 2.45) is 0 Å². The maximum atomic E-state index is 4.91. The first-order valence-corrected chi connectivity index (χ1v) is 10.9. The Bertz CT molecular complexity index is 985. The lowest BCUT2D eigenvalue weighted by atomic mass is 10.1. The third-order valence-electron chi connectivity index (χ3n) is 5.96. The van der Waals surface area contributed by atoms with Gasteiger partial charge in [-0.3, -0.25) is 0 Å². The van der Waals surface area contributed by atoms with Gasteiger partial charge in [0.25, 0.3) is 0 Å². The van der Waals surface area contributed by atoms with E-state index in [1.165, 1.54) is 59.5 Å². The van der Waals surface area contributed by atoms with Crippen LogP contribution in [0.2, 0.25) is 0 Å². The highest BCUT2D eigenvalue weighted by atomic mass is 32.1. The summed E-state index contributed by atoms with van der Waals surface area (Å²) in [4.78, 5) is 16.6. The highest BCUT2D eigenvalue weighted by molar-refractivity contribution is 7.19. The van der Waals surface area contributed by atoms with Crippen molar-refractivity contribution in [2.45, 2.75) is 39.7 Å². The SMILES string of the molecule is Cc1cccc(C[NH+]2CCN(c3nc(C)nc4sc5c(c34)CCC5)CC2)c1. The quantitative estimate of drug-likeness (QED) is 0.760. The number of anilines is 1. The second-order valence-electron chi connectivity index (χ2n) is 8.03. The third kappa shape index (κ3) is 3.23. The number of nitrogens with zero attached hydrogens (tertiary/aromatic N) is 3. The van der Waals surface area contributed by atoms with Gasteiger partial charge in [0.1, 0.15) is 23.0 Å². The molecule has 5 rings (SSSR count). The second kappa shape index (κ2) is 6.88. The Morgan fingerprint density at radius 1 is 1.11 bits per heavy atom. The number of hydrogen-bond acceptors (Lipinski definition) is 4. The van der Waals surface area contributed by atoms with Gasteiger partial charge in [-0.15, -0.1) is 11.3 Å². The first-order chi connectivity index (χ1) is 13.2. The molecule has 5 heteroatoms. The van der Waals surface area contributed by atoms with Crippen molar-refractivity contribution < 1.29 is 4.90 Å². The highest BCUT2D eigenvalue weighted by Crippen LogP contribution is 2.40. The van der Waals surface area contributed by atoms with Gasteiger partial charge in [-0.25, -0.2) is 9.97 Å². The van der Waals surface area contributed by atoms with E-state index in [9.17, 15) is 0 Å². The minimum Gasteiger partial charge on any atom is -0.345 e. The lowest BCUT2D eigenvalue weighted by Gasteiger charge is -2.33. The Labute approximate surface area is 164 Å². The van der Waals surface area contributed by atoms with Gasteiger partial charge in [0, 0.05) is 10.4 Å². The van der Waals surface area contributed by atoms with Gasteiger partial charge in [0.15, 0.2) is 0 Å². The van der Waals surface area contributed by atoms with Crippen molar-refractivity contribution >= 4 is 27.4 Å². The van der Waals surface area contributed by atoms with E-state index >= 15 is 0 Å². The number of aryl methyl sites for hydroxylation is 4. The third-order valence-corrected chi connectivity index (χ3v) is 7.15. The Kier molecular flexibility index (Phi) is 4.37. The molecule has 2 aliphatic rings. The average molecular weight is 380 g/mol. The minimum atomic E-state index is 0.909. The number of thiophene rings is 1.